The van der Waals surface area contributed by atoms with Gasteiger partial charge in [0, 0.05) is 11.3 Å². The smallest absolute Gasteiger partial charge is 0.146 e. The van der Waals surface area contributed by atoms with Crippen molar-refractivity contribution < 1.29 is 4.39 Å². The largest absolute Gasteiger partial charge is 0.379 e. The molecule has 0 bridgehead atoms. The minimum Gasteiger partial charge on any atom is -0.379 e. The Hall–Kier alpha value is -0.700. The van der Waals surface area contributed by atoms with Crippen molar-refractivity contribution in [2.75, 3.05) is 11.1 Å². The van der Waals surface area contributed by atoms with Crippen LogP contribution in [0, 0.1) is 12.7 Å². The van der Waals surface area contributed by atoms with Crippen LogP contribution in [0.25, 0.3) is 0 Å². The van der Waals surface area contributed by atoms with Gasteiger partial charge in [0.15, 0.2) is 0 Å². The molecule has 0 aliphatic carbocycles. The van der Waals surface area contributed by atoms with E-state index in [9.17, 15) is 4.39 Å². The van der Waals surface area contributed by atoms with E-state index in [1.807, 2.05) is 24.8 Å². The Morgan fingerprint density at radius 1 is 1.47 bits per heavy atom. The highest BCUT2D eigenvalue weighted by atomic mass is 32.2. The molecule has 2 unspecified atom stereocenters. The summed E-state index contributed by atoms with van der Waals surface area (Å²) in [5.41, 5.74) is 1.66. The Morgan fingerprint density at radius 3 is 2.87 bits per heavy atom. The molecule has 1 aliphatic rings. The van der Waals surface area contributed by atoms with Gasteiger partial charge >= 0.3 is 0 Å². The number of anilines is 1. The summed E-state index contributed by atoms with van der Waals surface area (Å²) < 4.78 is 13.6. The highest BCUT2D eigenvalue weighted by Gasteiger charge is 2.24. The van der Waals surface area contributed by atoms with E-state index in [1.54, 1.807) is 6.07 Å². The Labute approximate surface area is 94.5 Å². The van der Waals surface area contributed by atoms with Gasteiger partial charge in [0.2, 0.25) is 0 Å². The number of thioether (sulfide) groups is 1. The Kier molecular flexibility index (Phi) is 3.19. The highest BCUT2D eigenvalue weighted by molar-refractivity contribution is 8.00. The van der Waals surface area contributed by atoms with Gasteiger partial charge < -0.3 is 5.32 Å². The lowest BCUT2D eigenvalue weighted by atomic mass is 10.1. The molecule has 1 aliphatic heterocycles. The molecule has 1 heterocycles. The lowest BCUT2D eigenvalue weighted by Crippen LogP contribution is -2.25. The molecule has 1 aromatic rings. The van der Waals surface area contributed by atoms with E-state index < -0.39 is 0 Å². The van der Waals surface area contributed by atoms with Crippen molar-refractivity contribution in [3.05, 3.63) is 29.6 Å². The van der Waals surface area contributed by atoms with E-state index in [0.29, 0.717) is 17.0 Å². The predicted octanol–water partition coefficient (Wildman–Crippen LogP) is 3.44. The van der Waals surface area contributed by atoms with Crippen LogP contribution >= 0.6 is 11.8 Å². The van der Waals surface area contributed by atoms with Gasteiger partial charge in [-0.15, -0.1) is 0 Å². The molecule has 2 atom stereocenters. The molecular weight excluding hydrogens is 209 g/mol. The predicted molar refractivity (Wildman–Crippen MR) is 65.1 cm³/mol. The number of aryl methyl sites for hydroxylation is 1. The van der Waals surface area contributed by atoms with E-state index in [2.05, 4.69) is 12.2 Å². The number of para-hydroxylation sites is 1. The maximum atomic E-state index is 13.6. The second-order valence-corrected chi connectivity index (χ2v) is 5.53. The van der Waals surface area contributed by atoms with E-state index >= 15 is 0 Å². The Balaban J connectivity index is 2.16. The number of benzene rings is 1. The number of hydrogen-bond donors (Lipinski definition) is 1. The van der Waals surface area contributed by atoms with E-state index in [-0.39, 0.29) is 5.82 Å². The number of hydrogen-bond acceptors (Lipinski definition) is 2. The molecule has 1 saturated heterocycles. The first-order valence-corrected chi connectivity index (χ1v) is 6.36. The molecule has 0 amide bonds. The van der Waals surface area contributed by atoms with E-state index in [4.69, 9.17) is 0 Å². The topological polar surface area (TPSA) is 12.0 Å². The zero-order chi connectivity index (χ0) is 10.8. The van der Waals surface area contributed by atoms with Crippen LogP contribution in [-0.4, -0.2) is 17.0 Å². The van der Waals surface area contributed by atoms with Gasteiger partial charge in [0.05, 0.1) is 5.69 Å². The standard InChI is InChI=1S/C12H16FNS/c1-8-4-3-5-10(13)12(8)14-11-6-7-15-9(11)2/h3-5,9,11,14H,6-7H2,1-2H3. The fraction of sp³-hybridized carbons (Fsp3) is 0.500. The van der Waals surface area contributed by atoms with Gasteiger partial charge in [-0.25, -0.2) is 4.39 Å². The number of nitrogens with one attached hydrogen (secondary N) is 1. The maximum absolute atomic E-state index is 13.6. The molecular formula is C12H16FNS. The molecule has 1 N–H and O–H groups in total. The first kappa shape index (κ1) is 10.8. The first-order chi connectivity index (χ1) is 7.18. The summed E-state index contributed by atoms with van der Waals surface area (Å²) in [7, 11) is 0. The lowest BCUT2D eigenvalue weighted by molar-refractivity contribution is 0.621. The van der Waals surface area contributed by atoms with Gasteiger partial charge in [-0.2, -0.15) is 11.8 Å². The molecule has 82 valence electrons. The maximum Gasteiger partial charge on any atom is 0.146 e. The zero-order valence-corrected chi connectivity index (χ0v) is 9.90. The van der Waals surface area contributed by atoms with Gasteiger partial charge in [-0.1, -0.05) is 19.1 Å². The van der Waals surface area contributed by atoms with E-state index in [0.717, 1.165) is 12.0 Å². The minimum atomic E-state index is -0.140. The first-order valence-electron chi connectivity index (χ1n) is 5.31. The monoisotopic (exact) mass is 225 g/mol. The van der Waals surface area contributed by atoms with Gasteiger partial charge in [0.25, 0.3) is 0 Å². The average molecular weight is 225 g/mol. The summed E-state index contributed by atoms with van der Waals surface area (Å²) in [6, 6.07) is 5.62. The second-order valence-electron chi connectivity index (χ2n) is 4.05. The van der Waals surface area contributed by atoms with Crippen LogP contribution in [-0.2, 0) is 0 Å². The molecule has 1 nitrogen and oxygen atoms in total. The SMILES string of the molecule is Cc1cccc(F)c1NC1CCSC1C. The van der Waals surface area contributed by atoms with Crippen LogP contribution in [0.5, 0.6) is 0 Å². The third-order valence-electron chi connectivity index (χ3n) is 2.93. The lowest BCUT2D eigenvalue weighted by Gasteiger charge is -2.19. The van der Waals surface area contributed by atoms with Crippen molar-refractivity contribution in [1.82, 2.24) is 0 Å². The van der Waals surface area contributed by atoms with Gasteiger partial charge in [-0.3, -0.25) is 0 Å². The highest BCUT2D eigenvalue weighted by Crippen LogP contribution is 2.30. The van der Waals surface area contributed by atoms with Crippen molar-refractivity contribution in [3.8, 4) is 0 Å². The van der Waals surface area contributed by atoms with Crippen molar-refractivity contribution >= 4 is 17.4 Å². The molecule has 1 aromatic carbocycles. The van der Waals surface area contributed by atoms with Crippen LogP contribution < -0.4 is 5.32 Å². The molecule has 0 aromatic heterocycles. The van der Waals surface area contributed by atoms with E-state index in [1.165, 1.54) is 11.8 Å². The summed E-state index contributed by atoms with van der Waals surface area (Å²) in [5.74, 6) is 1.03. The van der Waals surface area contributed by atoms with Gasteiger partial charge in [0.1, 0.15) is 5.82 Å². The third kappa shape index (κ3) is 2.28. The Bertz CT molecular complexity index is 333. The fourth-order valence-electron chi connectivity index (χ4n) is 1.92. The molecule has 0 spiro atoms. The van der Waals surface area contributed by atoms with Crippen LogP contribution in [0.4, 0.5) is 10.1 Å². The molecule has 0 radical (unpaired) electrons. The average Bonchev–Trinajstić information content (AvgIpc) is 2.58. The minimum absolute atomic E-state index is 0.140. The third-order valence-corrected chi connectivity index (χ3v) is 4.25. The zero-order valence-electron chi connectivity index (χ0n) is 9.09. The van der Waals surface area contributed by atoms with Crippen molar-refractivity contribution in [3.63, 3.8) is 0 Å². The molecule has 1 fully saturated rings. The molecule has 3 heteroatoms. The molecule has 0 saturated carbocycles. The summed E-state index contributed by atoms with van der Waals surface area (Å²) in [6.45, 7) is 4.14. The normalized spacial score (nSPS) is 25.5. The molecule has 15 heavy (non-hydrogen) atoms. The summed E-state index contributed by atoms with van der Waals surface area (Å²) in [4.78, 5) is 0. The summed E-state index contributed by atoms with van der Waals surface area (Å²) in [6.07, 6.45) is 1.12. The van der Waals surface area contributed by atoms with Crippen molar-refractivity contribution in [2.24, 2.45) is 0 Å². The quantitative estimate of drug-likeness (QED) is 0.827. The van der Waals surface area contributed by atoms with Crippen LogP contribution in [0.3, 0.4) is 0 Å². The van der Waals surface area contributed by atoms with Crippen LogP contribution in [0.2, 0.25) is 0 Å². The van der Waals surface area contributed by atoms with Crippen LogP contribution in [0.1, 0.15) is 18.9 Å². The Morgan fingerprint density at radius 2 is 2.27 bits per heavy atom. The summed E-state index contributed by atoms with van der Waals surface area (Å²) in [5, 5.41) is 3.90. The van der Waals surface area contributed by atoms with Gasteiger partial charge in [-0.05, 0) is 30.7 Å². The van der Waals surface area contributed by atoms with Crippen molar-refractivity contribution in [2.45, 2.75) is 31.6 Å². The van der Waals surface area contributed by atoms with Crippen molar-refractivity contribution in [1.29, 1.82) is 0 Å². The molecule has 2 rings (SSSR count). The second kappa shape index (κ2) is 4.44. The fourth-order valence-corrected chi connectivity index (χ4v) is 3.12. The van der Waals surface area contributed by atoms with Crippen LogP contribution in [0.15, 0.2) is 18.2 Å². The number of halogens is 1. The summed E-state index contributed by atoms with van der Waals surface area (Å²) >= 11 is 1.95. The number of rotatable bonds is 2.